The number of hydrogen-bond donors (Lipinski definition) is 1. The van der Waals surface area contributed by atoms with Crippen LogP contribution >= 0.6 is 0 Å². The molecule has 7 heteroatoms. The van der Waals surface area contributed by atoms with Crippen LogP contribution in [-0.2, 0) is 19.1 Å². The molecule has 30 heavy (non-hydrogen) atoms. The number of halogens is 1. The Morgan fingerprint density at radius 3 is 2.37 bits per heavy atom. The van der Waals surface area contributed by atoms with Gasteiger partial charge in [0.25, 0.3) is 5.91 Å². The number of rotatable bonds is 5. The van der Waals surface area contributed by atoms with Crippen LogP contribution in [-0.4, -0.2) is 36.5 Å². The lowest BCUT2D eigenvalue weighted by molar-refractivity contribution is -0.153. The number of benzene rings is 1. The number of para-hydroxylation sites is 1. The molecule has 4 bridgehead atoms. The van der Waals surface area contributed by atoms with Crippen molar-refractivity contribution < 1.29 is 23.5 Å². The number of esters is 1. The van der Waals surface area contributed by atoms with E-state index in [4.69, 9.17) is 4.74 Å². The molecule has 1 aliphatic heterocycles. The molecule has 0 radical (unpaired) electrons. The maximum absolute atomic E-state index is 14.0. The van der Waals surface area contributed by atoms with E-state index >= 15 is 0 Å². The molecule has 6 nitrogen and oxygen atoms in total. The van der Waals surface area contributed by atoms with Gasteiger partial charge in [0.15, 0.2) is 6.61 Å². The van der Waals surface area contributed by atoms with Crippen molar-refractivity contribution in [2.45, 2.75) is 50.5 Å². The second-order valence-corrected chi connectivity index (χ2v) is 9.71. The van der Waals surface area contributed by atoms with E-state index < -0.39 is 17.7 Å². The van der Waals surface area contributed by atoms with Crippen LogP contribution in [0.1, 0.15) is 44.9 Å². The third kappa shape index (κ3) is 3.59. The van der Waals surface area contributed by atoms with Crippen LogP contribution in [0.25, 0.3) is 0 Å². The van der Waals surface area contributed by atoms with Crippen LogP contribution in [0.5, 0.6) is 0 Å². The molecule has 160 valence electrons. The summed E-state index contributed by atoms with van der Waals surface area (Å²) in [6, 6.07) is 5.99. The molecule has 1 heterocycles. The predicted octanol–water partition coefficient (Wildman–Crippen LogP) is 2.81. The van der Waals surface area contributed by atoms with Crippen molar-refractivity contribution in [1.82, 2.24) is 5.32 Å². The fourth-order valence-corrected chi connectivity index (χ4v) is 6.62. The zero-order valence-corrected chi connectivity index (χ0v) is 16.9. The van der Waals surface area contributed by atoms with Crippen LogP contribution < -0.4 is 10.2 Å². The number of amides is 2. The molecule has 1 aromatic carbocycles. The number of ether oxygens (including phenoxy) is 1. The Labute approximate surface area is 175 Å². The van der Waals surface area contributed by atoms with E-state index in [1.54, 1.807) is 12.1 Å². The minimum Gasteiger partial charge on any atom is -0.455 e. The molecular weight excluding hydrogens is 387 g/mol. The first-order chi connectivity index (χ1) is 14.4. The fraction of sp³-hybridized carbons (Fsp3) is 0.609. The maximum atomic E-state index is 14.0. The first-order valence-corrected chi connectivity index (χ1v) is 10.9. The molecule has 6 rings (SSSR count). The van der Waals surface area contributed by atoms with Crippen LogP contribution in [0.2, 0.25) is 0 Å². The van der Waals surface area contributed by atoms with E-state index in [9.17, 15) is 18.8 Å². The van der Waals surface area contributed by atoms with Crippen molar-refractivity contribution in [3.05, 3.63) is 30.1 Å². The average Bonchev–Trinajstić information content (AvgIpc) is 3.06. The minimum absolute atomic E-state index is 0.0379. The highest BCUT2D eigenvalue weighted by Crippen LogP contribution is 2.55. The topological polar surface area (TPSA) is 75.7 Å². The Balaban J connectivity index is 1.15. The van der Waals surface area contributed by atoms with Crippen LogP contribution in [0.3, 0.4) is 0 Å². The van der Waals surface area contributed by atoms with E-state index in [1.165, 1.54) is 36.3 Å². The molecule has 4 saturated carbocycles. The summed E-state index contributed by atoms with van der Waals surface area (Å²) in [7, 11) is 0. The smallest absolute Gasteiger partial charge is 0.311 e. The SMILES string of the molecule is O=C(COC(=O)[C@H]1CC(=O)N(c2ccccc2F)C1)NC12CC3CC(CC(C3)C1)C2. The Morgan fingerprint density at radius 1 is 1.10 bits per heavy atom. The van der Waals surface area contributed by atoms with Crippen molar-refractivity contribution in [2.24, 2.45) is 23.7 Å². The number of nitrogens with one attached hydrogen (secondary N) is 1. The summed E-state index contributed by atoms with van der Waals surface area (Å²) in [5.74, 6) is -0.211. The molecule has 1 saturated heterocycles. The second-order valence-electron chi connectivity index (χ2n) is 9.71. The van der Waals surface area contributed by atoms with Gasteiger partial charge in [-0.15, -0.1) is 0 Å². The first kappa shape index (κ1) is 19.5. The van der Waals surface area contributed by atoms with Gasteiger partial charge in [-0.05, 0) is 68.4 Å². The summed E-state index contributed by atoms with van der Waals surface area (Å²) in [4.78, 5) is 38.5. The Bertz CT molecular complexity index is 850. The first-order valence-electron chi connectivity index (χ1n) is 10.9. The van der Waals surface area contributed by atoms with Gasteiger partial charge in [-0.1, -0.05) is 12.1 Å². The summed E-state index contributed by atoms with van der Waals surface area (Å²) < 4.78 is 19.2. The molecule has 5 fully saturated rings. The number of nitrogens with zero attached hydrogens (tertiary/aromatic N) is 1. The molecule has 0 unspecified atom stereocenters. The van der Waals surface area contributed by atoms with Gasteiger partial charge in [0.2, 0.25) is 5.91 Å². The van der Waals surface area contributed by atoms with Gasteiger partial charge < -0.3 is 15.0 Å². The summed E-state index contributed by atoms with van der Waals surface area (Å²) in [5, 5.41) is 3.18. The third-order valence-corrected chi connectivity index (χ3v) is 7.39. The molecule has 2 amide bonds. The van der Waals surface area contributed by atoms with Gasteiger partial charge in [0.1, 0.15) is 5.82 Å². The highest BCUT2D eigenvalue weighted by molar-refractivity contribution is 5.99. The van der Waals surface area contributed by atoms with Gasteiger partial charge in [-0.3, -0.25) is 14.4 Å². The van der Waals surface area contributed by atoms with Crippen molar-refractivity contribution in [3.63, 3.8) is 0 Å². The Hall–Kier alpha value is -2.44. The van der Waals surface area contributed by atoms with Gasteiger partial charge >= 0.3 is 5.97 Å². The predicted molar refractivity (Wildman–Crippen MR) is 107 cm³/mol. The number of carbonyl (C=O) groups is 3. The molecule has 5 aliphatic rings. The zero-order valence-electron chi connectivity index (χ0n) is 16.9. The lowest BCUT2D eigenvalue weighted by Crippen LogP contribution is -2.60. The number of carbonyl (C=O) groups excluding carboxylic acids is 3. The molecule has 0 aromatic heterocycles. The second kappa shape index (κ2) is 7.36. The van der Waals surface area contributed by atoms with E-state index in [0.717, 1.165) is 19.3 Å². The van der Waals surface area contributed by atoms with Crippen molar-refractivity contribution in [1.29, 1.82) is 0 Å². The normalized spacial score (nSPS) is 34.3. The number of anilines is 1. The minimum atomic E-state index is -0.690. The monoisotopic (exact) mass is 414 g/mol. The van der Waals surface area contributed by atoms with Crippen molar-refractivity contribution in [2.75, 3.05) is 18.1 Å². The Kier molecular flexibility index (Phi) is 4.79. The van der Waals surface area contributed by atoms with E-state index in [1.807, 2.05) is 0 Å². The highest BCUT2D eigenvalue weighted by atomic mass is 19.1. The molecule has 1 N–H and O–H groups in total. The van der Waals surface area contributed by atoms with Crippen LogP contribution in [0, 0.1) is 29.5 Å². The fourth-order valence-electron chi connectivity index (χ4n) is 6.62. The average molecular weight is 414 g/mol. The zero-order chi connectivity index (χ0) is 20.9. The van der Waals surface area contributed by atoms with Gasteiger partial charge in [0, 0.05) is 18.5 Å². The summed E-state index contributed by atoms with van der Waals surface area (Å²) in [5.41, 5.74) is 0.0424. The summed E-state index contributed by atoms with van der Waals surface area (Å²) in [6.07, 6.45) is 6.94. The van der Waals surface area contributed by atoms with Crippen LogP contribution in [0.15, 0.2) is 24.3 Å². The molecular formula is C23H27FN2O4. The summed E-state index contributed by atoms with van der Waals surface area (Å²) in [6.45, 7) is -0.264. The van der Waals surface area contributed by atoms with Gasteiger partial charge in [-0.25, -0.2) is 4.39 Å². The molecule has 4 aliphatic carbocycles. The van der Waals surface area contributed by atoms with E-state index in [2.05, 4.69) is 5.32 Å². The highest BCUT2D eigenvalue weighted by Gasteiger charge is 2.51. The Morgan fingerprint density at radius 2 is 1.73 bits per heavy atom. The van der Waals surface area contributed by atoms with E-state index in [0.29, 0.717) is 17.8 Å². The molecule has 0 spiro atoms. The van der Waals surface area contributed by atoms with Crippen LogP contribution in [0.4, 0.5) is 10.1 Å². The number of hydrogen-bond acceptors (Lipinski definition) is 4. The van der Waals surface area contributed by atoms with Gasteiger partial charge in [0.05, 0.1) is 11.6 Å². The van der Waals surface area contributed by atoms with Gasteiger partial charge in [-0.2, -0.15) is 0 Å². The largest absolute Gasteiger partial charge is 0.455 e. The lowest BCUT2D eigenvalue weighted by atomic mass is 9.53. The standard InChI is InChI=1S/C23H27FN2O4/c24-18-3-1-2-4-19(18)26-12-17(8-21(26)28)22(29)30-13-20(27)25-23-9-14-5-15(10-23)7-16(6-14)11-23/h1-4,14-17H,5-13H2,(H,25,27)/t14?,15?,16?,17-,23?/m0/s1. The third-order valence-electron chi connectivity index (χ3n) is 7.39. The lowest BCUT2D eigenvalue weighted by Gasteiger charge is -2.56. The quantitative estimate of drug-likeness (QED) is 0.752. The van der Waals surface area contributed by atoms with Crippen molar-refractivity contribution >= 4 is 23.5 Å². The van der Waals surface area contributed by atoms with Crippen molar-refractivity contribution in [3.8, 4) is 0 Å². The summed E-state index contributed by atoms with van der Waals surface area (Å²) >= 11 is 0. The maximum Gasteiger partial charge on any atom is 0.311 e. The molecule has 1 aromatic rings. The van der Waals surface area contributed by atoms with E-state index in [-0.39, 0.29) is 42.6 Å². The molecule has 1 atom stereocenters.